The highest BCUT2D eigenvalue weighted by atomic mass is 127. The van der Waals surface area contributed by atoms with E-state index in [1.165, 1.54) is 11.3 Å². The zero-order valence-corrected chi connectivity index (χ0v) is 17.8. The molecule has 6 heteroatoms. The second-order valence-electron chi connectivity index (χ2n) is 6.09. The Morgan fingerprint density at radius 2 is 1.96 bits per heavy atom. The van der Waals surface area contributed by atoms with Crippen molar-refractivity contribution in [3.05, 3.63) is 59.4 Å². The van der Waals surface area contributed by atoms with E-state index in [0.29, 0.717) is 6.54 Å². The predicted molar refractivity (Wildman–Crippen MR) is 114 cm³/mol. The summed E-state index contributed by atoms with van der Waals surface area (Å²) in [7, 11) is 4.04. The Bertz CT molecular complexity index is 666. The predicted octanol–water partition coefficient (Wildman–Crippen LogP) is 3.08. The minimum Gasteiger partial charge on any atom is -0.386 e. The molecule has 1 heterocycles. The number of aryl methyl sites for hydroxylation is 2. The third kappa shape index (κ3) is 6.36. The molecule has 0 aliphatic heterocycles. The van der Waals surface area contributed by atoms with Crippen molar-refractivity contribution >= 4 is 29.9 Å². The summed E-state index contributed by atoms with van der Waals surface area (Å²) in [4.78, 5) is 6.66. The summed E-state index contributed by atoms with van der Waals surface area (Å²) >= 11 is 0. The summed E-state index contributed by atoms with van der Waals surface area (Å²) in [5, 5.41) is 13.6. The highest BCUT2D eigenvalue weighted by Gasteiger charge is 2.11. The van der Waals surface area contributed by atoms with Gasteiger partial charge in [-0.05, 0) is 31.5 Å². The Hall–Kier alpha value is -1.54. The Morgan fingerprint density at radius 1 is 1.28 bits per heavy atom. The van der Waals surface area contributed by atoms with Crippen molar-refractivity contribution in [1.29, 1.82) is 0 Å². The van der Waals surface area contributed by atoms with Gasteiger partial charge in [-0.2, -0.15) is 0 Å². The summed E-state index contributed by atoms with van der Waals surface area (Å²) in [6, 6.07) is 12.1. The molecule has 5 nitrogen and oxygen atoms in total. The molecule has 0 aliphatic rings. The van der Waals surface area contributed by atoms with E-state index in [1.54, 1.807) is 0 Å². The summed E-state index contributed by atoms with van der Waals surface area (Å²) in [6.07, 6.45) is 1.44. The molecule has 2 rings (SSSR count). The van der Waals surface area contributed by atoms with Crippen LogP contribution in [0.4, 0.5) is 0 Å². The molecule has 0 aliphatic carbocycles. The van der Waals surface area contributed by atoms with Crippen molar-refractivity contribution in [1.82, 2.24) is 14.8 Å². The Labute approximate surface area is 167 Å². The molecule has 2 aromatic rings. The first-order chi connectivity index (χ1) is 11.5. The second kappa shape index (κ2) is 10.5. The molecule has 0 amide bonds. The number of aliphatic hydroxyl groups excluding tert-OH is 1. The Balaban J connectivity index is 0.00000312. The van der Waals surface area contributed by atoms with Crippen molar-refractivity contribution in [2.45, 2.75) is 26.5 Å². The molecule has 0 saturated carbocycles. The van der Waals surface area contributed by atoms with Gasteiger partial charge in [0.1, 0.15) is 0 Å². The lowest BCUT2D eigenvalue weighted by molar-refractivity contribution is 0.186. The van der Waals surface area contributed by atoms with Gasteiger partial charge in [-0.25, -0.2) is 0 Å². The van der Waals surface area contributed by atoms with E-state index in [9.17, 15) is 5.11 Å². The minimum absolute atomic E-state index is 0. The Morgan fingerprint density at radius 3 is 2.52 bits per heavy atom. The van der Waals surface area contributed by atoms with Crippen LogP contribution >= 0.6 is 24.0 Å². The monoisotopic (exact) mass is 456 g/mol. The number of aliphatic imine (C=N–C) groups is 1. The smallest absolute Gasteiger partial charge is 0.194 e. The Kier molecular flexibility index (Phi) is 8.99. The van der Waals surface area contributed by atoms with Crippen LogP contribution in [0.25, 0.3) is 0 Å². The van der Waals surface area contributed by atoms with Gasteiger partial charge in [0, 0.05) is 32.5 Å². The average Bonchev–Trinajstić information content (AvgIpc) is 2.96. The van der Waals surface area contributed by atoms with Crippen LogP contribution in [-0.2, 0) is 13.6 Å². The molecule has 0 saturated heterocycles. The number of nitrogens with one attached hydrogen (secondary N) is 1. The standard InChI is InChI=1S/C19H28N4O.HI/c1-5-20-19(23(4)14-17-7-6-12-22(17)3)21-13-18(24)16-10-8-15(2)9-11-16;/h6-12,18,24H,5,13-14H2,1-4H3,(H,20,21);1H. The number of benzene rings is 1. The number of rotatable bonds is 6. The summed E-state index contributed by atoms with van der Waals surface area (Å²) in [5.74, 6) is 0.796. The van der Waals surface area contributed by atoms with Gasteiger partial charge in [-0.1, -0.05) is 29.8 Å². The third-order valence-electron chi connectivity index (χ3n) is 4.02. The zero-order valence-electron chi connectivity index (χ0n) is 15.4. The minimum atomic E-state index is -0.595. The number of hydrogen-bond acceptors (Lipinski definition) is 2. The van der Waals surface area contributed by atoms with E-state index in [0.717, 1.165) is 24.6 Å². The fourth-order valence-electron chi connectivity index (χ4n) is 2.52. The van der Waals surface area contributed by atoms with E-state index >= 15 is 0 Å². The number of aliphatic hydroxyl groups is 1. The van der Waals surface area contributed by atoms with Crippen molar-refractivity contribution < 1.29 is 5.11 Å². The summed E-state index contributed by atoms with van der Waals surface area (Å²) in [6.45, 7) is 5.97. The molecular formula is C19H29IN4O. The van der Waals surface area contributed by atoms with Gasteiger partial charge < -0.3 is 19.9 Å². The molecule has 0 spiro atoms. The molecule has 0 radical (unpaired) electrons. The maximum Gasteiger partial charge on any atom is 0.194 e. The van der Waals surface area contributed by atoms with E-state index < -0.39 is 6.10 Å². The van der Waals surface area contributed by atoms with Gasteiger partial charge in [0.15, 0.2) is 5.96 Å². The number of halogens is 1. The number of guanidine groups is 1. The fraction of sp³-hybridized carbons (Fsp3) is 0.421. The molecular weight excluding hydrogens is 427 g/mol. The van der Waals surface area contributed by atoms with E-state index in [4.69, 9.17) is 0 Å². The molecule has 1 aromatic heterocycles. The maximum absolute atomic E-state index is 10.4. The van der Waals surface area contributed by atoms with E-state index in [1.807, 2.05) is 64.5 Å². The molecule has 1 unspecified atom stereocenters. The molecule has 1 atom stereocenters. The lowest BCUT2D eigenvalue weighted by atomic mass is 10.1. The SMILES string of the molecule is CCNC(=NCC(O)c1ccc(C)cc1)N(C)Cc1cccn1C.I. The van der Waals surface area contributed by atoms with Crippen LogP contribution in [0, 0.1) is 6.92 Å². The van der Waals surface area contributed by atoms with Crippen LogP contribution in [0.3, 0.4) is 0 Å². The zero-order chi connectivity index (χ0) is 17.5. The topological polar surface area (TPSA) is 52.8 Å². The van der Waals surface area contributed by atoms with Gasteiger partial charge in [0.25, 0.3) is 0 Å². The van der Waals surface area contributed by atoms with Gasteiger partial charge >= 0.3 is 0 Å². The molecule has 0 bridgehead atoms. The highest BCUT2D eigenvalue weighted by molar-refractivity contribution is 14.0. The van der Waals surface area contributed by atoms with Crippen LogP contribution in [0.15, 0.2) is 47.6 Å². The molecule has 25 heavy (non-hydrogen) atoms. The lowest BCUT2D eigenvalue weighted by Crippen LogP contribution is -2.39. The third-order valence-corrected chi connectivity index (χ3v) is 4.02. The first-order valence-electron chi connectivity index (χ1n) is 8.35. The highest BCUT2D eigenvalue weighted by Crippen LogP contribution is 2.14. The van der Waals surface area contributed by atoms with Crippen molar-refractivity contribution in [3.8, 4) is 0 Å². The van der Waals surface area contributed by atoms with Crippen LogP contribution in [0.1, 0.15) is 29.8 Å². The molecule has 1 aromatic carbocycles. The average molecular weight is 456 g/mol. The fourth-order valence-corrected chi connectivity index (χ4v) is 2.52. The maximum atomic E-state index is 10.4. The van der Waals surface area contributed by atoms with Crippen molar-refractivity contribution in [2.24, 2.45) is 12.0 Å². The van der Waals surface area contributed by atoms with Crippen LogP contribution in [0.5, 0.6) is 0 Å². The van der Waals surface area contributed by atoms with Gasteiger partial charge in [-0.15, -0.1) is 24.0 Å². The first-order valence-corrected chi connectivity index (χ1v) is 8.35. The van der Waals surface area contributed by atoms with Gasteiger partial charge in [-0.3, -0.25) is 4.99 Å². The normalized spacial score (nSPS) is 12.4. The van der Waals surface area contributed by atoms with Crippen molar-refractivity contribution in [2.75, 3.05) is 20.1 Å². The van der Waals surface area contributed by atoms with Crippen LogP contribution < -0.4 is 5.32 Å². The quantitative estimate of drug-likeness (QED) is 0.399. The molecule has 138 valence electrons. The number of aromatic nitrogens is 1. The van der Waals surface area contributed by atoms with Gasteiger partial charge in [0.2, 0.25) is 0 Å². The largest absolute Gasteiger partial charge is 0.386 e. The van der Waals surface area contributed by atoms with E-state index in [2.05, 4.69) is 25.8 Å². The molecule has 2 N–H and O–H groups in total. The summed E-state index contributed by atoms with van der Waals surface area (Å²) < 4.78 is 2.10. The first kappa shape index (κ1) is 21.5. The summed E-state index contributed by atoms with van der Waals surface area (Å²) in [5.41, 5.74) is 3.29. The lowest BCUT2D eigenvalue weighted by Gasteiger charge is -2.23. The van der Waals surface area contributed by atoms with Crippen LogP contribution in [-0.4, -0.2) is 40.7 Å². The van der Waals surface area contributed by atoms with Gasteiger partial charge in [0.05, 0.1) is 19.2 Å². The molecule has 0 fully saturated rings. The van der Waals surface area contributed by atoms with Crippen LogP contribution in [0.2, 0.25) is 0 Å². The number of hydrogen-bond donors (Lipinski definition) is 2. The van der Waals surface area contributed by atoms with E-state index in [-0.39, 0.29) is 24.0 Å². The van der Waals surface area contributed by atoms with Crippen molar-refractivity contribution in [3.63, 3.8) is 0 Å². The second-order valence-corrected chi connectivity index (χ2v) is 6.09. The number of nitrogens with zero attached hydrogens (tertiary/aromatic N) is 3.